The summed E-state index contributed by atoms with van der Waals surface area (Å²) >= 11 is 0. The summed E-state index contributed by atoms with van der Waals surface area (Å²) in [6.07, 6.45) is -5.85. The van der Waals surface area contributed by atoms with E-state index in [-0.39, 0.29) is 12.3 Å². The second-order valence-corrected chi connectivity index (χ2v) is 4.20. The molecule has 2 amide bonds. The first-order valence-electron chi connectivity index (χ1n) is 5.42. The molecule has 5 atom stereocenters. The maximum atomic E-state index is 11.6. The van der Waals surface area contributed by atoms with Crippen LogP contribution in [-0.2, 0) is 4.74 Å². The lowest BCUT2D eigenvalue weighted by Crippen LogP contribution is -2.58. The van der Waals surface area contributed by atoms with Crippen molar-refractivity contribution in [3.63, 3.8) is 0 Å². The van der Waals surface area contributed by atoms with E-state index in [1.807, 2.05) is 0 Å². The zero-order valence-electron chi connectivity index (χ0n) is 9.38. The summed E-state index contributed by atoms with van der Waals surface area (Å²) in [5.74, 6) is -0.374. The van der Waals surface area contributed by atoms with Gasteiger partial charge in [-0.15, -0.1) is 0 Å². The zero-order chi connectivity index (χ0) is 13.4. The maximum Gasteiger partial charge on any atom is 0.349 e. The van der Waals surface area contributed by atoms with Crippen LogP contribution >= 0.6 is 0 Å². The minimum Gasteiger partial charge on any atom is -0.394 e. The Bertz CT molecular complexity index is 375. The summed E-state index contributed by atoms with van der Waals surface area (Å²) in [5.41, 5.74) is 5.26. The molecule has 9 nitrogen and oxygen atoms in total. The summed E-state index contributed by atoms with van der Waals surface area (Å²) in [6.45, 7) is -0.413. The molecule has 9 heteroatoms. The Balaban J connectivity index is 2.17. The number of aliphatic hydroxyl groups is 4. The topological polar surface area (TPSA) is 149 Å². The number of hydrogen-bond donors (Lipinski definition) is 5. The smallest absolute Gasteiger partial charge is 0.349 e. The van der Waals surface area contributed by atoms with Gasteiger partial charge in [-0.25, -0.2) is 4.79 Å². The first kappa shape index (κ1) is 13.2. The molecule has 0 bridgehead atoms. The van der Waals surface area contributed by atoms with Crippen LogP contribution in [0.2, 0.25) is 0 Å². The van der Waals surface area contributed by atoms with Crippen LogP contribution in [0.3, 0.4) is 0 Å². The number of nitrogens with zero attached hydrogens (tertiary/aromatic N) is 2. The quantitative estimate of drug-likeness (QED) is 0.354. The monoisotopic (exact) mass is 261 g/mol. The highest BCUT2D eigenvalue weighted by Gasteiger charge is 2.45. The molecule has 0 spiro atoms. The Hall–Kier alpha value is -1.26. The highest BCUT2D eigenvalue weighted by molar-refractivity contribution is 5.98. The van der Waals surface area contributed by atoms with Crippen LogP contribution in [0.1, 0.15) is 6.42 Å². The van der Waals surface area contributed by atoms with Crippen LogP contribution in [-0.4, -0.2) is 74.6 Å². The van der Waals surface area contributed by atoms with Gasteiger partial charge in [0.15, 0.2) is 12.3 Å². The van der Waals surface area contributed by atoms with Gasteiger partial charge in [0.05, 0.1) is 12.7 Å². The summed E-state index contributed by atoms with van der Waals surface area (Å²) < 4.78 is 5.21. The van der Waals surface area contributed by atoms with Crippen LogP contribution in [0.15, 0.2) is 4.99 Å². The van der Waals surface area contributed by atoms with Crippen LogP contribution in [0.25, 0.3) is 0 Å². The number of nitrogens with two attached hydrogens (primary N) is 1. The Morgan fingerprint density at radius 1 is 1.44 bits per heavy atom. The van der Waals surface area contributed by atoms with E-state index in [0.29, 0.717) is 0 Å². The van der Waals surface area contributed by atoms with Crippen molar-refractivity contribution in [3.05, 3.63) is 0 Å². The number of ether oxygens (including phenoxy) is 1. The van der Waals surface area contributed by atoms with Crippen LogP contribution < -0.4 is 5.73 Å². The van der Waals surface area contributed by atoms with Crippen molar-refractivity contribution in [1.82, 2.24) is 4.90 Å². The predicted octanol–water partition coefficient (Wildman–Crippen LogP) is -3.07. The minimum absolute atomic E-state index is 0.0101. The van der Waals surface area contributed by atoms with Gasteiger partial charge in [0.1, 0.15) is 18.2 Å². The Morgan fingerprint density at radius 3 is 2.67 bits per heavy atom. The SMILES string of the molecule is NC1=NC(=O)N([C@H]2C[C@H](O)[C@@H](CO)O2)C(O)C1O. The number of urea groups is 1. The summed E-state index contributed by atoms with van der Waals surface area (Å²) in [4.78, 5) is 15.8. The van der Waals surface area contributed by atoms with E-state index in [2.05, 4.69) is 4.99 Å². The highest BCUT2D eigenvalue weighted by atomic mass is 16.5. The Kier molecular flexibility index (Phi) is 3.50. The van der Waals surface area contributed by atoms with E-state index in [4.69, 9.17) is 15.6 Å². The van der Waals surface area contributed by atoms with Crippen molar-refractivity contribution in [2.24, 2.45) is 10.7 Å². The van der Waals surface area contributed by atoms with E-state index in [0.717, 1.165) is 4.90 Å². The largest absolute Gasteiger partial charge is 0.394 e. The van der Waals surface area contributed by atoms with Gasteiger partial charge in [-0.3, -0.25) is 4.90 Å². The average molecular weight is 261 g/mol. The molecule has 1 saturated heterocycles. The van der Waals surface area contributed by atoms with Crippen molar-refractivity contribution in [2.45, 2.75) is 37.2 Å². The summed E-state index contributed by atoms with van der Waals surface area (Å²) in [7, 11) is 0. The molecule has 2 rings (SSSR count). The first-order valence-corrected chi connectivity index (χ1v) is 5.42. The van der Waals surface area contributed by atoms with Gasteiger partial charge >= 0.3 is 6.03 Å². The molecule has 0 aromatic heterocycles. The van der Waals surface area contributed by atoms with Gasteiger partial charge in [-0.05, 0) is 0 Å². The fourth-order valence-corrected chi connectivity index (χ4v) is 2.00. The third kappa shape index (κ3) is 2.06. The van der Waals surface area contributed by atoms with Crippen molar-refractivity contribution >= 4 is 11.9 Å². The van der Waals surface area contributed by atoms with Crippen molar-refractivity contribution in [3.8, 4) is 0 Å². The molecule has 2 unspecified atom stereocenters. The Labute approximate surface area is 102 Å². The summed E-state index contributed by atoms with van der Waals surface area (Å²) in [6, 6.07) is -0.860. The molecule has 2 aliphatic rings. The lowest BCUT2D eigenvalue weighted by atomic mass is 10.1. The maximum absolute atomic E-state index is 11.6. The molecule has 0 aliphatic carbocycles. The molecule has 102 valence electrons. The third-order valence-electron chi connectivity index (χ3n) is 3.01. The molecule has 2 aliphatic heterocycles. The van der Waals surface area contributed by atoms with Crippen LogP contribution in [0.4, 0.5) is 4.79 Å². The molecular weight excluding hydrogens is 246 g/mol. The molecular formula is C9H15N3O6. The van der Waals surface area contributed by atoms with E-state index in [9.17, 15) is 20.1 Å². The van der Waals surface area contributed by atoms with Gasteiger partial charge in [0.2, 0.25) is 0 Å². The number of carbonyl (C=O) groups is 1. The van der Waals surface area contributed by atoms with E-state index in [1.54, 1.807) is 0 Å². The Morgan fingerprint density at radius 2 is 2.11 bits per heavy atom. The number of hydrogen-bond acceptors (Lipinski definition) is 7. The normalized spacial score (nSPS) is 41.1. The van der Waals surface area contributed by atoms with Gasteiger partial charge in [-0.1, -0.05) is 0 Å². The summed E-state index contributed by atoms with van der Waals surface area (Å²) in [5, 5.41) is 37.8. The van der Waals surface area contributed by atoms with E-state index < -0.39 is 43.4 Å². The molecule has 0 aromatic rings. The molecule has 0 aromatic carbocycles. The average Bonchev–Trinajstić information content (AvgIpc) is 2.67. The molecule has 1 fully saturated rings. The second kappa shape index (κ2) is 4.78. The first-order chi connectivity index (χ1) is 8.45. The fraction of sp³-hybridized carbons (Fsp3) is 0.778. The van der Waals surface area contributed by atoms with E-state index in [1.165, 1.54) is 0 Å². The van der Waals surface area contributed by atoms with Crippen molar-refractivity contribution in [1.29, 1.82) is 0 Å². The molecule has 18 heavy (non-hydrogen) atoms. The second-order valence-electron chi connectivity index (χ2n) is 4.20. The zero-order valence-corrected chi connectivity index (χ0v) is 9.38. The number of rotatable bonds is 2. The predicted molar refractivity (Wildman–Crippen MR) is 57.2 cm³/mol. The van der Waals surface area contributed by atoms with Gasteiger partial charge in [0.25, 0.3) is 0 Å². The van der Waals surface area contributed by atoms with Crippen molar-refractivity contribution in [2.75, 3.05) is 6.61 Å². The van der Waals surface area contributed by atoms with Gasteiger partial charge in [0, 0.05) is 6.42 Å². The van der Waals surface area contributed by atoms with Crippen LogP contribution in [0, 0.1) is 0 Å². The van der Waals surface area contributed by atoms with E-state index >= 15 is 0 Å². The standard InChI is InChI=1S/C9H15N3O6/c10-7-6(15)8(16)12(9(17)11-7)5-1-3(14)4(2-13)18-5/h3-6,8,13-16H,1-2H2,(H2,10,11,17)/t3-,4+,5+,6?,8?/m0/s1. The minimum atomic E-state index is -1.59. The lowest BCUT2D eigenvalue weighted by molar-refractivity contribution is -0.131. The number of amides is 2. The number of aliphatic hydroxyl groups excluding tert-OH is 4. The van der Waals surface area contributed by atoms with Gasteiger partial charge < -0.3 is 30.9 Å². The highest BCUT2D eigenvalue weighted by Crippen LogP contribution is 2.27. The third-order valence-corrected chi connectivity index (χ3v) is 3.01. The number of carbonyl (C=O) groups excluding carboxylic acids is 1. The fourth-order valence-electron chi connectivity index (χ4n) is 2.00. The van der Waals surface area contributed by atoms with Crippen molar-refractivity contribution < 1.29 is 30.0 Å². The van der Waals surface area contributed by atoms with Gasteiger partial charge in [-0.2, -0.15) is 4.99 Å². The molecule has 0 radical (unpaired) electrons. The lowest BCUT2D eigenvalue weighted by Gasteiger charge is -2.36. The molecule has 6 N–H and O–H groups in total. The van der Waals surface area contributed by atoms with Crippen LogP contribution in [0.5, 0.6) is 0 Å². The molecule has 0 saturated carbocycles. The number of aliphatic imine (C=N–C) groups is 1. The molecule has 2 heterocycles. The number of amidine groups is 1.